The number of halogens is 2. The van der Waals surface area contributed by atoms with Gasteiger partial charge in [0.25, 0.3) is 0 Å². The normalized spacial score (nSPS) is 15.6. The highest BCUT2D eigenvalue weighted by Crippen LogP contribution is 2.35. The van der Waals surface area contributed by atoms with Crippen LogP contribution in [0.5, 0.6) is 5.75 Å². The highest BCUT2D eigenvalue weighted by Gasteiger charge is 2.33. The molecule has 44 heavy (non-hydrogen) atoms. The predicted molar refractivity (Wildman–Crippen MR) is 160 cm³/mol. The predicted octanol–water partition coefficient (Wildman–Crippen LogP) is 5.13. The van der Waals surface area contributed by atoms with Gasteiger partial charge in [-0.05, 0) is 47.0 Å². The lowest BCUT2D eigenvalue weighted by Gasteiger charge is -2.26. The van der Waals surface area contributed by atoms with Gasteiger partial charge in [-0.25, -0.2) is 19.0 Å². The van der Waals surface area contributed by atoms with E-state index in [1.54, 1.807) is 36.5 Å². The first kappa shape index (κ1) is 29.3. The Labute approximate surface area is 257 Å². The van der Waals surface area contributed by atoms with E-state index in [4.69, 9.17) is 21.1 Å². The summed E-state index contributed by atoms with van der Waals surface area (Å²) in [6, 6.07) is 16.4. The molecule has 1 aromatic heterocycles. The molecular weight excluding hydrogens is 589 g/mol. The number of anilines is 1. The summed E-state index contributed by atoms with van der Waals surface area (Å²) in [5, 5.41) is 2.63. The van der Waals surface area contributed by atoms with Gasteiger partial charge in [0.05, 0.1) is 18.3 Å². The second-order valence-corrected chi connectivity index (χ2v) is 11.0. The van der Waals surface area contributed by atoms with Crippen molar-refractivity contribution < 1.29 is 28.2 Å². The van der Waals surface area contributed by atoms with E-state index in [0.29, 0.717) is 35.5 Å². The molecule has 12 heteroatoms. The summed E-state index contributed by atoms with van der Waals surface area (Å²) < 4.78 is 26.9. The van der Waals surface area contributed by atoms with Crippen LogP contribution in [-0.4, -0.2) is 46.0 Å². The van der Waals surface area contributed by atoms with Crippen molar-refractivity contribution in [3.63, 3.8) is 0 Å². The zero-order chi connectivity index (χ0) is 31.0. The highest BCUT2D eigenvalue weighted by atomic mass is 35.5. The number of carbonyl (C=O) groups excluding carboxylic acids is 3. The summed E-state index contributed by atoms with van der Waals surface area (Å²) in [5.41, 5.74) is 3.99. The van der Waals surface area contributed by atoms with E-state index < -0.39 is 23.9 Å². The second-order valence-electron chi connectivity index (χ2n) is 10.6. The second kappa shape index (κ2) is 12.1. The fourth-order valence-corrected chi connectivity index (χ4v) is 5.84. The van der Waals surface area contributed by atoms with Crippen LogP contribution < -0.4 is 15.0 Å². The molecule has 0 unspecified atom stereocenters. The van der Waals surface area contributed by atoms with E-state index in [9.17, 15) is 18.8 Å². The molecule has 3 aromatic carbocycles. The van der Waals surface area contributed by atoms with E-state index in [2.05, 4.69) is 10.3 Å². The van der Waals surface area contributed by atoms with Gasteiger partial charge in [0, 0.05) is 44.2 Å². The molecule has 0 aliphatic carbocycles. The number of rotatable bonds is 8. The average molecular weight is 618 g/mol. The quantitative estimate of drug-likeness (QED) is 0.273. The number of nitrogens with one attached hydrogen (secondary N) is 1. The van der Waals surface area contributed by atoms with Crippen LogP contribution in [0.4, 0.5) is 15.0 Å². The van der Waals surface area contributed by atoms with Crippen molar-refractivity contribution in [2.75, 3.05) is 18.6 Å². The molecule has 2 aliphatic heterocycles. The largest absolute Gasteiger partial charge is 0.489 e. The highest BCUT2D eigenvalue weighted by molar-refractivity contribution is 6.31. The summed E-state index contributed by atoms with van der Waals surface area (Å²) >= 11 is 6.11. The Morgan fingerprint density at radius 1 is 1.09 bits per heavy atom. The summed E-state index contributed by atoms with van der Waals surface area (Å²) in [5.74, 6) is 0.638. The van der Waals surface area contributed by atoms with Crippen LogP contribution in [0.1, 0.15) is 34.7 Å². The number of nitrogens with zero attached hydrogens (tertiary/aromatic N) is 4. The van der Waals surface area contributed by atoms with Gasteiger partial charge in [-0.2, -0.15) is 0 Å². The number of carbonyl (C=O) groups is 3. The summed E-state index contributed by atoms with van der Waals surface area (Å²) in [4.78, 5) is 45.1. The Balaban J connectivity index is 1.18. The number of fused-ring (bicyclic) bond motifs is 1. The van der Waals surface area contributed by atoms with Crippen molar-refractivity contribution in [1.29, 1.82) is 0 Å². The Hall–Kier alpha value is -4.74. The summed E-state index contributed by atoms with van der Waals surface area (Å²) in [7, 11) is 3.19. The maximum absolute atomic E-state index is 14.1. The number of amides is 3. The molecule has 1 saturated heterocycles. The molecule has 6 rings (SSSR count). The van der Waals surface area contributed by atoms with Crippen molar-refractivity contribution in [2.45, 2.75) is 32.2 Å². The third-order valence-electron chi connectivity index (χ3n) is 7.94. The minimum Gasteiger partial charge on any atom is -0.489 e. The van der Waals surface area contributed by atoms with Gasteiger partial charge >= 0.3 is 12.0 Å². The van der Waals surface area contributed by atoms with Gasteiger partial charge in [-0.15, -0.1) is 0 Å². The standard InChI is InChI=1S/C32H29ClFN5O5/c1-37-28(39-13-12-27(40)36-32(39)42)15-35-30(37)20-6-7-21-16-38(17-22(21)14-20)29(31(41)43-2)19-8-10-23(11-9-19)44-18-24-25(33)4-3-5-26(24)34/h3-11,14-15,29H,12-13,16-18H2,1-2H3,(H,36,40,42)/t29-/m1/s1. The lowest BCUT2D eigenvalue weighted by atomic mass is 10.1. The number of methoxy groups -OCH3 is 1. The van der Waals surface area contributed by atoms with Crippen molar-refractivity contribution >= 4 is 35.3 Å². The minimum atomic E-state index is -0.661. The molecule has 1 N–H and O–H groups in total. The summed E-state index contributed by atoms with van der Waals surface area (Å²) in [6.07, 6.45) is 1.84. The Morgan fingerprint density at radius 2 is 1.86 bits per heavy atom. The lowest BCUT2D eigenvalue weighted by molar-refractivity contribution is -0.147. The molecule has 0 bridgehead atoms. The molecule has 2 aliphatic rings. The van der Waals surface area contributed by atoms with Crippen LogP contribution in [0.25, 0.3) is 11.4 Å². The molecule has 0 radical (unpaired) electrons. The van der Waals surface area contributed by atoms with Crippen LogP contribution in [0.15, 0.2) is 66.9 Å². The number of hydrogen-bond acceptors (Lipinski definition) is 7. The van der Waals surface area contributed by atoms with E-state index in [1.165, 1.54) is 24.1 Å². The van der Waals surface area contributed by atoms with Gasteiger partial charge in [0.15, 0.2) is 0 Å². The first-order chi connectivity index (χ1) is 21.2. The number of imide groups is 1. The topological polar surface area (TPSA) is 106 Å². The molecule has 0 saturated carbocycles. The maximum atomic E-state index is 14.1. The van der Waals surface area contributed by atoms with Crippen LogP contribution in [0.2, 0.25) is 5.02 Å². The van der Waals surface area contributed by atoms with E-state index in [0.717, 1.165) is 22.3 Å². The molecule has 1 atom stereocenters. The molecule has 10 nitrogen and oxygen atoms in total. The maximum Gasteiger partial charge on any atom is 0.329 e. The van der Waals surface area contributed by atoms with Crippen LogP contribution in [-0.2, 0) is 41.1 Å². The first-order valence-corrected chi connectivity index (χ1v) is 14.3. The van der Waals surface area contributed by atoms with Crippen molar-refractivity contribution in [2.24, 2.45) is 7.05 Å². The number of imidazole rings is 1. The monoisotopic (exact) mass is 617 g/mol. The molecule has 226 valence electrons. The minimum absolute atomic E-state index is 0.0303. The number of benzene rings is 3. The zero-order valence-corrected chi connectivity index (χ0v) is 24.8. The number of hydrogen-bond donors (Lipinski definition) is 1. The number of esters is 1. The average Bonchev–Trinajstić information content (AvgIpc) is 3.60. The SMILES string of the molecule is COC(=O)[C@@H](c1ccc(OCc2c(F)cccc2Cl)cc1)N1Cc2ccc(-c3ncc(N4CCC(=O)NC4=O)n3C)cc2C1. The number of aromatic nitrogens is 2. The van der Waals surface area contributed by atoms with Crippen molar-refractivity contribution in [1.82, 2.24) is 19.8 Å². The smallest absolute Gasteiger partial charge is 0.329 e. The molecule has 0 spiro atoms. The Kier molecular flexibility index (Phi) is 8.07. The van der Waals surface area contributed by atoms with Crippen LogP contribution in [0, 0.1) is 5.82 Å². The van der Waals surface area contributed by atoms with E-state index in [1.807, 2.05) is 34.7 Å². The first-order valence-electron chi connectivity index (χ1n) is 14.0. The van der Waals surface area contributed by atoms with E-state index >= 15 is 0 Å². The van der Waals surface area contributed by atoms with Gasteiger partial charge in [0.1, 0.15) is 35.9 Å². The third kappa shape index (κ3) is 5.63. The third-order valence-corrected chi connectivity index (χ3v) is 8.29. The Bertz CT molecular complexity index is 1740. The van der Waals surface area contributed by atoms with Crippen LogP contribution >= 0.6 is 11.6 Å². The molecule has 3 amide bonds. The van der Waals surface area contributed by atoms with Gasteiger partial charge in [-0.1, -0.05) is 41.9 Å². The number of urea groups is 1. The molecular formula is C32H29ClFN5O5. The van der Waals surface area contributed by atoms with Crippen molar-refractivity contribution in [3.8, 4) is 17.1 Å². The molecule has 4 aromatic rings. The lowest BCUT2D eigenvalue weighted by Crippen LogP contribution is -2.50. The van der Waals surface area contributed by atoms with E-state index in [-0.39, 0.29) is 31.0 Å². The molecule has 1 fully saturated rings. The van der Waals surface area contributed by atoms with Crippen LogP contribution in [0.3, 0.4) is 0 Å². The Morgan fingerprint density at radius 3 is 2.59 bits per heavy atom. The molecule has 3 heterocycles. The fraction of sp³-hybridized carbons (Fsp3) is 0.250. The zero-order valence-electron chi connectivity index (χ0n) is 24.0. The number of ether oxygens (including phenoxy) is 2. The van der Waals surface area contributed by atoms with Gasteiger partial charge in [0.2, 0.25) is 5.91 Å². The van der Waals surface area contributed by atoms with Crippen molar-refractivity contribution in [3.05, 3.63) is 100.0 Å². The van der Waals surface area contributed by atoms with Gasteiger partial charge < -0.3 is 14.0 Å². The van der Waals surface area contributed by atoms with Gasteiger partial charge in [-0.3, -0.25) is 19.9 Å². The fourth-order valence-electron chi connectivity index (χ4n) is 5.62. The summed E-state index contributed by atoms with van der Waals surface area (Å²) in [6.45, 7) is 1.29.